The normalized spacial score (nSPS) is 11.6. The van der Waals surface area contributed by atoms with Crippen LogP contribution in [-0.2, 0) is 6.54 Å². The van der Waals surface area contributed by atoms with Crippen molar-refractivity contribution >= 4 is 21.9 Å². The van der Waals surface area contributed by atoms with E-state index < -0.39 is 0 Å². The first-order valence-corrected chi connectivity index (χ1v) is 7.30. The highest BCUT2D eigenvalue weighted by atomic mass is 16.4. The van der Waals surface area contributed by atoms with E-state index in [2.05, 4.69) is 5.32 Å². The highest BCUT2D eigenvalue weighted by Gasteiger charge is 2.17. The van der Waals surface area contributed by atoms with Crippen molar-refractivity contribution in [2.24, 2.45) is 0 Å². The van der Waals surface area contributed by atoms with Crippen LogP contribution < -0.4 is 10.9 Å². The Morgan fingerprint density at radius 2 is 1.82 bits per heavy atom. The summed E-state index contributed by atoms with van der Waals surface area (Å²) in [6, 6.07) is 3.52. The van der Waals surface area contributed by atoms with Gasteiger partial charge in [0.1, 0.15) is 16.9 Å². The highest BCUT2D eigenvalue weighted by Crippen LogP contribution is 2.34. The van der Waals surface area contributed by atoms with Crippen molar-refractivity contribution in [3.63, 3.8) is 0 Å². The molecular formula is C17H19NO4. The molecule has 0 aliphatic carbocycles. The van der Waals surface area contributed by atoms with E-state index in [0.717, 1.165) is 38.8 Å². The fourth-order valence-electron chi connectivity index (χ4n) is 2.86. The number of benzene rings is 1. The van der Waals surface area contributed by atoms with E-state index in [1.54, 1.807) is 0 Å². The molecule has 2 N–H and O–H groups in total. The van der Waals surface area contributed by atoms with Gasteiger partial charge in [-0.05, 0) is 32.4 Å². The van der Waals surface area contributed by atoms with Crippen LogP contribution in [0, 0.1) is 20.8 Å². The van der Waals surface area contributed by atoms with Gasteiger partial charge in [-0.1, -0.05) is 0 Å². The zero-order valence-corrected chi connectivity index (χ0v) is 12.9. The summed E-state index contributed by atoms with van der Waals surface area (Å²) in [6.07, 6.45) is 0. The van der Waals surface area contributed by atoms with Gasteiger partial charge < -0.3 is 19.3 Å². The summed E-state index contributed by atoms with van der Waals surface area (Å²) in [7, 11) is 0. The molecule has 0 aliphatic rings. The molecule has 5 heteroatoms. The number of aliphatic hydroxyl groups is 1. The van der Waals surface area contributed by atoms with E-state index in [1.807, 2.05) is 26.8 Å². The third kappa shape index (κ3) is 2.32. The van der Waals surface area contributed by atoms with Crippen LogP contribution >= 0.6 is 0 Å². The van der Waals surface area contributed by atoms with Gasteiger partial charge in [-0.15, -0.1) is 0 Å². The summed E-state index contributed by atoms with van der Waals surface area (Å²) < 4.78 is 11.2. The second-order valence-corrected chi connectivity index (χ2v) is 5.54. The Labute approximate surface area is 127 Å². The number of aliphatic hydroxyl groups excluding tert-OH is 1. The number of hydrogen-bond donors (Lipinski definition) is 2. The van der Waals surface area contributed by atoms with E-state index in [4.69, 9.17) is 13.9 Å². The van der Waals surface area contributed by atoms with Gasteiger partial charge in [-0.2, -0.15) is 0 Å². The lowest BCUT2D eigenvalue weighted by molar-refractivity contribution is 0.292. The van der Waals surface area contributed by atoms with E-state index in [-0.39, 0.29) is 12.2 Å². The van der Waals surface area contributed by atoms with Crippen molar-refractivity contribution in [3.8, 4) is 0 Å². The molecule has 0 radical (unpaired) electrons. The first-order valence-electron chi connectivity index (χ1n) is 7.30. The van der Waals surface area contributed by atoms with Gasteiger partial charge in [0.15, 0.2) is 0 Å². The smallest absolute Gasteiger partial charge is 0.336 e. The SMILES string of the molecule is Cc1oc2c(C)c3oc(=O)cc(C)c3cc2c1CNCCO. The average Bonchev–Trinajstić information content (AvgIpc) is 2.78. The molecule has 0 fully saturated rings. The Hall–Kier alpha value is -2.11. The van der Waals surface area contributed by atoms with Gasteiger partial charge in [0.05, 0.1) is 6.61 Å². The third-order valence-corrected chi connectivity index (χ3v) is 4.02. The molecule has 1 aromatic carbocycles. The molecule has 2 heterocycles. The Kier molecular flexibility index (Phi) is 3.76. The molecule has 0 atom stereocenters. The number of aryl methyl sites for hydroxylation is 3. The Morgan fingerprint density at radius 3 is 2.55 bits per heavy atom. The first kappa shape index (κ1) is 14.8. The molecule has 0 spiro atoms. The van der Waals surface area contributed by atoms with Gasteiger partial charge in [0.2, 0.25) is 0 Å². The largest absolute Gasteiger partial charge is 0.461 e. The maximum atomic E-state index is 11.6. The summed E-state index contributed by atoms with van der Waals surface area (Å²) in [4.78, 5) is 11.6. The standard InChI is InChI=1S/C17H19NO4/c1-9-6-15(20)22-16-10(2)17-13(7-12(9)16)14(11(3)21-17)8-18-4-5-19/h6-7,18-19H,4-5,8H2,1-3H3. The highest BCUT2D eigenvalue weighted by molar-refractivity contribution is 5.99. The maximum absolute atomic E-state index is 11.6. The van der Waals surface area contributed by atoms with Gasteiger partial charge in [0.25, 0.3) is 0 Å². The zero-order valence-electron chi connectivity index (χ0n) is 12.9. The van der Waals surface area contributed by atoms with Crippen molar-refractivity contribution in [2.45, 2.75) is 27.3 Å². The molecule has 0 saturated carbocycles. The quantitative estimate of drug-likeness (QED) is 0.572. The van der Waals surface area contributed by atoms with Crippen LogP contribution in [0.5, 0.6) is 0 Å². The first-order chi connectivity index (χ1) is 10.5. The minimum Gasteiger partial charge on any atom is -0.461 e. The molecule has 0 saturated heterocycles. The Bertz CT molecular complexity index is 905. The number of furan rings is 1. The third-order valence-electron chi connectivity index (χ3n) is 4.02. The molecular weight excluding hydrogens is 282 g/mol. The summed E-state index contributed by atoms with van der Waals surface area (Å²) in [5.74, 6) is 0.832. The average molecular weight is 301 g/mol. The van der Waals surface area contributed by atoms with Crippen molar-refractivity contribution in [3.05, 3.63) is 45.0 Å². The molecule has 22 heavy (non-hydrogen) atoms. The zero-order chi connectivity index (χ0) is 15.9. The summed E-state index contributed by atoms with van der Waals surface area (Å²) in [5.41, 5.74) is 3.79. The van der Waals surface area contributed by atoms with Crippen molar-refractivity contribution in [1.29, 1.82) is 0 Å². The lowest BCUT2D eigenvalue weighted by Gasteiger charge is -2.06. The Morgan fingerprint density at radius 1 is 1.09 bits per heavy atom. The second kappa shape index (κ2) is 5.59. The van der Waals surface area contributed by atoms with Gasteiger partial charge >= 0.3 is 5.63 Å². The molecule has 5 nitrogen and oxygen atoms in total. The fraction of sp³-hybridized carbons (Fsp3) is 0.353. The number of nitrogens with one attached hydrogen (secondary N) is 1. The topological polar surface area (TPSA) is 75.6 Å². The molecule has 0 aliphatic heterocycles. The maximum Gasteiger partial charge on any atom is 0.336 e. The predicted molar refractivity (Wildman–Crippen MR) is 85.3 cm³/mol. The van der Waals surface area contributed by atoms with Crippen molar-refractivity contribution in [2.75, 3.05) is 13.2 Å². The van der Waals surface area contributed by atoms with Gasteiger partial charge in [-0.3, -0.25) is 0 Å². The number of hydrogen-bond acceptors (Lipinski definition) is 5. The minimum absolute atomic E-state index is 0.0983. The molecule has 0 amide bonds. The van der Waals surface area contributed by atoms with Crippen LogP contribution in [0.4, 0.5) is 0 Å². The second-order valence-electron chi connectivity index (χ2n) is 5.54. The molecule has 2 aromatic heterocycles. The minimum atomic E-state index is -0.347. The monoisotopic (exact) mass is 301 g/mol. The van der Waals surface area contributed by atoms with Gasteiger partial charge in [-0.25, -0.2) is 4.79 Å². The van der Waals surface area contributed by atoms with E-state index in [0.29, 0.717) is 18.7 Å². The predicted octanol–water partition coefficient (Wildman–Crippen LogP) is 2.55. The van der Waals surface area contributed by atoms with Crippen LogP contribution in [0.3, 0.4) is 0 Å². The van der Waals surface area contributed by atoms with Crippen LogP contribution in [-0.4, -0.2) is 18.3 Å². The number of fused-ring (bicyclic) bond motifs is 2. The Balaban J connectivity index is 2.28. The van der Waals surface area contributed by atoms with E-state index >= 15 is 0 Å². The van der Waals surface area contributed by atoms with Crippen molar-refractivity contribution in [1.82, 2.24) is 5.32 Å². The molecule has 0 unspecified atom stereocenters. The molecule has 3 rings (SSSR count). The number of rotatable bonds is 4. The summed E-state index contributed by atoms with van der Waals surface area (Å²) in [6.45, 7) is 6.99. The summed E-state index contributed by atoms with van der Waals surface area (Å²) in [5, 5.41) is 14.0. The molecule has 0 bridgehead atoms. The van der Waals surface area contributed by atoms with Crippen LogP contribution in [0.2, 0.25) is 0 Å². The molecule has 116 valence electrons. The summed E-state index contributed by atoms with van der Waals surface area (Å²) >= 11 is 0. The van der Waals surface area contributed by atoms with Crippen LogP contribution in [0.25, 0.3) is 21.9 Å². The lowest BCUT2D eigenvalue weighted by Crippen LogP contribution is -2.17. The lowest BCUT2D eigenvalue weighted by atomic mass is 10.0. The van der Waals surface area contributed by atoms with Crippen LogP contribution in [0.15, 0.2) is 25.8 Å². The van der Waals surface area contributed by atoms with Gasteiger partial charge in [0, 0.05) is 41.1 Å². The molecule has 3 aromatic rings. The van der Waals surface area contributed by atoms with E-state index in [9.17, 15) is 4.79 Å². The van der Waals surface area contributed by atoms with Crippen LogP contribution in [0.1, 0.15) is 22.5 Å². The fourth-order valence-corrected chi connectivity index (χ4v) is 2.86. The van der Waals surface area contributed by atoms with E-state index in [1.165, 1.54) is 6.07 Å². The van der Waals surface area contributed by atoms with Crippen molar-refractivity contribution < 1.29 is 13.9 Å².